The van der Waals surface area contributed by atoms with Gasteiger partial charge in [0.1, 0.15) is 17.0 Å². The number of amides is 2. The third-order valence-corrected chi connectivity index (χ3v) is 4.11. The molecule has 0 saturated heterocycles. The van der Waals surface area contributed by atoms with Gasteiger partial charge >= 0.3 is 5.97 Å². The molecule has 9 heteroatoms. The third-order valence-electron chi connectivity index (χ3n) is 4.11. The van der Waals surface area contributed by atoms with Crippen LogP contribution in [0.15, 0.2) is 60.8 Å². The maximum atomic E-state index is 12.7. The first-order chi connectivity index (χ1) is 14.5. The van der Waals surface area contributed by atoms with Crippen LogP contribution in [0.2, 0.25) is 0 Å². The number of para-hydroxylation sites is 2. The van der Waals surface area contributed by atoms with E-state index in [1.165, 1.54) is 13.3 Å². The Morgan fingerprint density at radius 1 is 1.07 bits per heavy atom. The summed E-state index contributed by atoms with van der Waals surface area (Å²) < 4.78 is 12.0. The van der Waals surface area contributed by atoms with Gasteiger partial charge in [-0.1, -0.05) is 30.3 Å². The van der Waals surface area contributed by atoms with E-state index >= 15 is 0 Å². The zero-order valence-electron chi connectivity index (χ0n) is 16.2. The monoisotopic (exact) mass is 408 g/mol. The molecule has 0 aliphatic carbocycles. The van der Waals surface area contributed by atoms with Crippen LogP contribution in [0.1, 0.15) is 10.4 Å². The number of benzene rings is 2. The Labute approximate surface area is 172 Å². The van der Waals surface area contributed by atoms with Gasteiger partial charge in [0.15, 0.2) is 6.61 Å². The highest BCUT2D eigenvalue weighted by atomic mass is 16.5. The Bertz CT molecular complexity index is 1060. The van der Waals surface area contributed by atoms with E-state index in [1.807, 2.05) is 30.3 Å². The molecule has 9 nitrogen and oxygen atoms in total. The van der Waals surface area contributed by atoms with Gasteiger partial charge in [-0.25, -0.2) is 9.48 Å². The van der Waals surface area contributed by atoms with Crippen molar-refractivity contribution in [2.45, 2.75) is 0 Å². The lowest BCUT2D eigenvalue weighted by molar-refractivity contribution is -0.127. The fourth-order valence-electron chi connectivity index (χ4n) is 2.72. The molecule has 0 fully saturated rings. The van der Waals surface area contributed by atoms with E-state index in [0.717, 1.165) is 5.69 Å². The zero-order chi connectivity index (χ0) is 21.5. The molecule has 0 unspecified atom stereocenters. The van der Waals surface area contributed by atoms with E-state index in [9.17, 15) is 14.4 Å². The van der Waals surface area contributed by atoms with Crippen LogP contribution in [0.25, 0.3) is 16.9 Å². The summed E-state index contributed by atoms with van der Waals surface area (Å²) in [6.45, 7) is -0.900. The predicted octanol–water partition coefficient (Wildman–Crippen LogP) is 1.31. The van der Waals surface area contributed by atoms with Crippen molar-refractivity contribution >= 4 is 17.8 Å². The van der Waals surface area contributed by atoms with Gasteiger partial charge in [0, 0.05) is 11.8 Å². The molecule has 0 radical (unpaired) electrons. The third kappa shape index (κ3) is 4.82. The summed E-state index contributed by atoms with van der Waals surface area (Å²) in [5.74, 6) is -1.55. The highest BCUT2D eigenvalue weighted by Crippen LogP contribution is 2.32. The van der Waals surface area contributed by atoms with E-state index in [1.54, 1.807) is 28.9 Å². The fourth-order valence-corrected chi connectivity index (χ4v) is 2.72. The molecule has 2 amide bonds. The lowest BCUT2D eigenvalue weighted by Crippen LogP contribution is -2.36. The number of nitrogens with one attached hydrogen (secondary N) is 1. The number of hydrogen-bond acceptors (Lipinski definition) is 6. The van der Waals surface area contributed by atoms with Crippen LogP contribution in [-0.2, 0) is 14.3 Å². The number of aromatic nitrogens is 2. The van der Waals surface area contributed by atoms with E-state index in [2.05, 4.69) is 10.4 Å². The van der Waals surface area contributed by atoms with Crippen LogP contribution < -0.4 is 15.8 Å². The average Bonchev–Trinajstić information content (AvgIpc) is 3.22. The normalized spacial score (nSPS) is 10.3. The molecule has 0 atom stereocenters. The summed E-state index contributed by atoms with van der Waals surface area (Å²) in [5.41, 5.74) is 6.82. The Hall–Kier alpha value is -4.14. The number of nitrogens with two attached hydrogens (primary N) is 1. The number of rotatable bonds is 8. The number of carbonyl (C=O) groups excluding carboxylic acids is 3. The topological polar surface area (TPSA) is 126 Å². The number of ether oxygens (including phenoxy) is 2. The Morgan fingerprint density at radius 2 is 1.77 bits per heavy atom. The second-order valence-corrected chi connectivity index (χ2v) is 6.19. The van der Waals surface area contributed by atoms with E-state index in [4.69, 9.17) is 15.2 Å². The van der Waals surface area contributed by atoms with Crippen LogP contribution in [-0.4, -0.2) is 47.8 Å². The first kappa shape index (κ1) is 20.6. The largest absolute Gasteiger partial charge is 0.496 e. The SMILES string of the molecule is COc1ccccc1-c1nn(-c2ccccc2)cc1C(=O)OCC(=O)NCC(N)=O. The minimum Gasteiger partial charge on any atom is -0.496 e. The second kappa shape index (κ2) is 9.37. The molecular formula is C21H20N4O5. The van der Waals surface area contributed by atoms with Gasteiger partial charge in [0.25, 0.3) is 5.91 Å². The summed E-state index contributed by atoms with van der Waals surface area (Å²) in [5, 5.41) is 6.79. The Balaban J connectivity index is 1.92. The highest BCUT2D eigenvalue weighted by molar-refractivity contribution is 5.98. The van der Waals surface area contributed by atoms with E-state index < -0.39 is 24.4 Å². The van der Waals surface area contributed by atoms with Crippen molar-refractivity contribution in [3.8, 4) is 22.7 Å². The Morgan fingerprint density at radius 3 is 2.47 bits per heavy atom. The summed E-state index contributed by atoms with van der Waals surface area (Å²) in [4.78, 5) is 35.2. The van der Waals surface area contributed by atoms with Gasteiger partial charge in [-0.2, -0.15) is 5.10 Å². The van der Waals surface area contributed by atoms with Gasteiger partial charge in [0.2, 0.25) is 5.91 Å². The molecular weight excluding hydrogens is 388 g/mol. The molecule has 1 heterocycles. The van der Waals surface area contributed by atoms with E-state index in [0.29, 0.717) is 17.0 Å². The number of methoxy groups -OCH3 is 1. The summed E-state index contributed by atoms with van der Waals surface area (Å²) >= 11 is 0. The average molecular weight is 408 g/mol. The number of hydrogen-bond donors (Lipinski definition) is 2. The fraction of sp³-hybridized carbons (Fsp3) is 0.143. The molecule has 0 aliphatic rings. The number of esters is 1. The van der Waals surface area contributed by atoms with E-state index in [-0.39, 0.29) is 12.1 Å². The minimum atomic E-state index is -0.743. The van der Waals surface area contributed by atoms with Gasteiger partial charge in [-0.3, -0.25) is 9.59 Å². The molecule has 30 heavy (non-hydrogen) atoms. The summed E-state index contributed by atoms with van der Waals surface area (Å²) in [6, 6.07) is 16.4. The van der Waals surface area contributed by atoms with Crippen molar-refractivity contribution < 1.29 is 23.9 Å². The number of carbonyl (C=O) groups is 3. The minimum absolute atomic E-state index is 0.158. The van der Waals surface area contributed by atoms with Crippen LogP contribution >= 0.6 is 0 Å². The molecule has 0 aliphatic heterocycles. The predicted molar refractivity (Wildman–Crippen MR) is 108 cm³/mol. The molecule has 3 N–H and O–H groups in total. The maximum absolute atomic E-state index is 12.7. The lowest BCUT2D eigenvalue weighted by Gasteiger charge is -2.08. The van der Waals surface area contributed by atoms with Crippen molar-refractivity contribution in [1.29, 1.82) is 0 Å². The molecule has 0 bridgehead atoms. The molecule has 1 aromatic heterocycles. The maximum Gasteiger partial charge on any atom is 0.342 e. The summed E-state index contributed by atoms with van der Waals surface area (Å²) in [6.07, 6.45) is 1.53. The molecule has 2 aromatic carbocycles. The van der Waals surface area contributed by atoms with Gasteiger partial charge in [0.05, 0.1) is 19.3 Å². The zero-order valence-corrected chi connectivity index (χ0v) is 16.2. The van der Waals surface area contributed by atoms with Gasteiger partial charge in [-0.05, 0) is 24.3 Å². The smallest absolute Gasteiger partial charge is 0.342 e. The van der Waals surface area contributed by atoms with Crippen LogP contribution in [0.3, 0.4) is 0 Å². The van der Waals surface area contributed by atoms with Crippen molar-refractivity contribution in [1.82, 2.24) is 15.1 Å². The quantitative estimate of drug-likeness (QED) is 0.541. The molecule has 3 aromatic rings. The molecule has 3 rings (SSSR count). The van der Waals surface area contributed by atoms with Gasteiger partial charge in [-0.15, -0.1) is 0 Å². The van der Waals surface area contributed by atoms with Crippen molar-refractivity contribution in [3.63, 3.8) is 0 Å². The second-order valence-electron chi connectivity index (χ2n) is 6.19. The number of nitrogens with zero attached hydrogens (tertiary/aromatic N) is 2. The van der Waals surface area contributed by atoms with Crippen molar-refractivity contribution in [2.24, 2.45) is 5.73 Å². The van der Waals surface area contributed by atoms with Crippen LogP contribution in [0.4, 0.5) is 0 Å². The van der Waals surface area contributed by atoms with Gasteiger partial charge < -0.3 is 20.5 Å². The van der Waals surface area contributed by atoms with Crippen LogP contribution in [0, 0.1) is 0 Å². The number of primary amides is 1. The highest BCUT2D eigenvalue weighted by Gasteiger charge is 2.23. The molecule has 154 valence electrons. The standard InChI is InChI=1S/C21H20N4O5/c1-29-17-10-6-5-9-15(17)20-16(12-25(24-20)14-7-3-2-4-8-14)21(28)30-13-19(27)23-11-18(22)26/h2-10,12H,11,13H2,1H3,(H2,22,26)(H,23,27). The van der Waals surface area contributed by atoms with Crippen LogP contribution in [0.5, 0.6) is 5.75 Å². The first-order valence-corrected chi connectivity index (χ1v) is 9.00. The van der Waals surface area contributed by atoms with Crippen molar-refractivity contribution in [2.75, 3.05) is 20.3 Å². The Kier molecular flexibility index (Phi) is 6.43. The summed E-state index contributed by atoms with van der Waals surface area (Å²) in [7, 11) is 1.52. The first-order valence-electron chi connectivity index (χ1n) is 9.00. The molecule has 0 saturated carbocycles. The lowest BCUT2D eigenvalue weighted by atomic mass is 10.1. The molecule has 0 spiro atoms. The van der Waals surface area contributed by atoms with Crippen molar-refractivity contribution in [3.05, 3.63) is 66.4 Å².